The number of nitrogens with zero attached hydrogens (tertiary/aromatic N) is 3. The Morgan fingerprint density at radius 2 is 2.09 bits per heavy atom. The molecule has 3 aliphatic rings. The van der Waals surface area contributed by atoms with E-state index in [0.717, 1.165) is 5.56 Å². The molecular formula is C22H25F2N5O3. The number of hydrogen-bond acceptors (Lipinski definition) is 7. The van der Waals surface area contributed by atoms with Crippen LogP contribution in [0.3, 0.4) is 0 Å². The number of alkyl halides is 2. The van der Waals surface area contributed by atoms with Crippen molar-refractivity contribution in [3.05, 3.63) is 35.0 Å². The highest BCUT2D eigenvalue weighted by molar-refractivity contribution is 5.97. The zero-order valence-electron chi connectivity index (χ0n) is 18.0. The minimum atomic E-state index is -2.93. The number of carbonyl (C=O) groups is 1. The maximum Gasteiger partial charge on any atom is 0.282 e. The molecule has 3 heterocycles. The quantitative estimate of drug-likeness (QED) is 0.747. The van der Waals surface area contributed by atoms with E-state index >= 15 is 0 Å². The van der Waals surface area contributed by atoms with E-state index in [1.54, 1.807) is 17.0 Å². The molecule has 2 atom stereocenters. The molecule has 8 nitrogen and oxygen atoms in total. The third-order valence-corrected chi connectivity index (χ3v) is 6.53. The van der Waals surface area contributed by atoms with Gasteiger partial charge in [0.05, 0.1) is 31.6 Å². The number of halogens is 2. The molecule has 32 heavy (non-hydrogen) atoms. The minimum absolute atomic E-state index is 0.0813. The van der Waals surface area contributed by atoms with Crippen molar-refractivity contribution in [2.45, 2.75) is 31.7 Å². The molecule has 1 amide bonds. The SMILES string of the molecule is COc1cc(C(=O)N2CCOCC2)c(C)cc1Nc1ncc2c(n1)NC1CCC1C2(F)F. The predicted molar refractivity (Wildman–Crippen MR) is 114 cm³/mol. The molecule has 2 aliphatic heterocycles. The number of rotatable bonds is 4. The Kier molecular flexibility index (Phi) is 5.11. The average Bonchev–Trinajstić information content (AvgIpc) is 2.76. The van der Waals surface area contributed by atoms with Gasteiger partial charge in [0.25, 0.3) is 11.8 Å². The van der Waals surface area contributed by atoms with Gasteiger partial charge in [0.15, 0.2) is 0 Å². The monoisotopic (exact) mass is 445 g/mol. The molecule has 1 aliphatic carbocycles. The number of ether oxygens (including phenoxy) is 2. The van der Waals surface area contributed by atoms with Gasteiger partial charge in [0, 0.05) is 36.8 Å². The molecule has 0 bridgehead atoms. The Bertz CT molecular complexity index is 1060. The number of anilines is 3. The van der Waals surface area contributed by atoms with Gasteiger partial charge >= 0.3 is 0 Å². The number of carbonyl (C=O) groups excluding carboxylic acids is 1. The summed E-state index contributed by atoms with van der Waals surface area (Å²) in [4.78, 5) is 23.1. The smallest absolute Gasteiger partial charge is 0.282 e. The number of nitrogens with one attached hydrogen (secondary N) is 2. The second-order valence-electron chi connectivity index (χ2n) is 8.41. The van der Waals surface area contributed by atoms with Gasteiger partial charge in [-0.3, -0.25) is 4.79 Å². The van der Waals surface area contributed by atoms with Crippen LogP contribution in [0.25, 0.3) is 0 Å². The maximum atomic E-state index is 14.7. The van der Waals surface area contributed by atoms with Gasteiger partial charge in [-0.05, 0) is 37.5 Å². The van der Waals surface area contributed by atoms with Gasteiger partial charge in [-0.25, -0.2) is 13.8 Å². The standard InChI is InChI=1S/C22H25F2N5O3/c1-12-9-17(18(31-2)10-13(12)20(30)29-5-7-32-8-6-29)27-21-25-11-15-19(28-21)26-16-4-3-14(16)22(15,23)24/h9-11,14,16H,3-8H2,1-2H3,(H2,25,26,27,28). The second kappa shape index (κ2) is 7.84. The van der Waals surface area contributed by atoms with Crippen LogP contribution in [-0.2, 0) is 10.7 Å². The van der Waals surface area contributed by atoms with E-state index in [1.165, 1.54) is 13.3 Å². The summed E-state index contributed by atoms with van der Waals surface area (Å²) >= 11 is 0. The largest absolute Gasteiger partial charge is 0.495 e. The normalized spacial score (nSPS) is 23.3. The third-order valence-electron chi connectivity index (χ3n) is 6.53. The molecule has 1 aromatic heterocycles. The summed E-state index contributed by atoms with van der Waals surface area (Å²) in [6.07, 6.45) is 2.38. The van der Waals surface area contributed by atoms with Crippen molar-refractivity contribution in [2.75, 3.05) is 44.0 Å². The Morgan fingerprint density at radius 1 is 1.31 bits per heavy atom. The van der Waals surface area contributed by atoms with Crippen molar-refractivity contribution in [1.29, 1.82) is 0 Å². The van der Waals surface area contributed by atoms with Crippen LogP contribution in [0, 0.1) is 12.8 Å². The van der Waals surface area contributed by atoms with Crippen LogP contribution in [-0.4, -0.2) is 60.2 Å². The first kappa shape index (κ1) is 20.9. The third kappa shape index (κ3) is 3.42. The maximum absolute atomic E-state index is 14.7. The molecule has 1 saturated carbocycles. The lowest BCUT2D eigenvalue weighted by atomic mass is 9.71. The summed E-state index contributed by atoms with van der Waals surface area (Å²) < 4.78 is 40.2. The van der Waals surface area contributed by atoms with Crippen molar-refractivity contribution in [1.82, 2.24) is 14.9 Å². The van der Waals surface area contributed by atoms with Gasteiger partial charge in [-0.15, -0.1) is 0 Å². The van der Waals surface area contributed by atoms with Crippen molar-refractivity contribution in [3.8, 4) is 5.75 Å². The van der Waals surface area contributed by atoms with Crippen LogP contribution in [0.5, 0.6) is 5.75 Å². The van der Waals surface area contributed by atoms with Gasteiger partial charge in [0.1, 0.15) is 11.6 Å². The fourth-order valence-electron chi connectivity index (χ4n) is 4.52. The number of hydrogen-bond donors (Lipinski definition) is 2. The summed E-state index contributed by atoms with van der Waals surface area (Å²) in [6.45, 7) is 3.97. The number of aryl methyl sites for hydroxylation is 1. The summed E-state index contributed by atoms with van der Waals surface area (Å²) in [6, 6.07) is 3.20. The van der Waals surface area contributed by atoms with E-state index in [1.807, 2.05) is 6.92 Å². The summed E-state index contributed by atoms with van der Waals surface area (Å²) in [7, 11) is 1.51. The topological polar surface area (TPSA) is 88.6 Å². The molecule has 2 N–H and O–H groups in total. The molecule has 2 aromatic rings. The molecule has 170 valence electrons. The van der Waals surface area contributed by atoms with E-state index in [-0.39, 0.29) is 29.3 Å². The van der Waals surface area contributed by atoms with Gasteiger partial charge in [0.2, 0.25) is 5.95 Å². The molecule has 2 fully saturated rings. The Labute approximate surface area is 184 Å². The van der Waals surface area contributed by atoms with E-state index < -0.39 is 11.8 Å². The molecule has 2 unspecified atom stereocenters. The molecular weight excluding hydrogens is 420 g/mol. The van der Waals surface area contributed by atoms with Crippen molar-refractivity contribution < 1.29 is 23.0 Å². The number of methoxy groups -OCH3 is 1. The second-order valence-corrected chi connectivity index (χ2v) is 8.41. The van der Waals surface area contributed by atoms with Crippen molar-refractivity contribution >= 4 is 23.4 Å². The predicted octanol–water partition coefficient (Wildman–Crippen LogP) is 3.31. The van der Waals surface area contributed by atoms with Gasteiger partial charge < -0.3 is 25.0 Å². The van der Waals surface area contributed by atoms with E-state index in [0.29, 0.717) is 56.1 Å². The lowest BCUT2D eigenvalue weighted by Crippen LogP contribution is -2.51. The Balaban J connectivity index is 1.41. The Hall–Kier alpha value is -3.01. The molecule has 5 rings (SSSR count). The van der Waals surface area contributed by atoms with Crippen molar-refractivity contribution in [2.24, 2.45) is 5.92 Å². The first-order valence-electron chi connectivity index (χ1n) is 10.7. The van der Waals surface area contributed by atoms with Crippen LogP contribution in [0.4, 0.5) is 26.2 Å². The summed E-state index contributed by atoms with van der Waals surface area (Å²) in [5.41, 5.74) is 1.67. The number of aromatic nitrogens is 2. The van der Waals surface area contributed by atoms with Gasteiger partial charge in [-0.2, -0.15) is 4.98 Å². The highest BCUT2D eigenvalue weighted by Crippen LogP contribution is 2.52. The minimum Gasteiger partial charge on any atom is -0.495 e. The number of fused-ring (bicyclic) bond motifs is 2. The lowest BCUT2D eigenvalue weighted by molar-refractivity contribution is -0.105. The fraction of sp³-hybridized carbons (Fsp3) is 0.500. The van der Waals surface area contributed by atoms with E-state index in [2.05, 4.69) is 20.6 Å². The van der Waals surface area contributed by atoms with Crippen LogP contribution in [0.1, 0.15) is 34.3 Å². The fourth-order valence-corrected chi connectivity index (χ4v) is 4.52. The molecule has 1 saturated heterocycles. The highest BCUT2D eigenvalue weighted by Gasteiger charge is 2.55. The molecule has 0 radical (unpaired) electrons. The molecule has 1 aromatic carbocycles. The van der Waals surface area contributed by atoms with Gasteiger partial charge in [-0.1, -0.05) is 0 Å². The van der Waals surface area contributed by atoms with Crippen LogP contribution >= 0.6 is 0 Å². The van der Waals surface area contributed by atoms with Crippen molar-refractivity contribution in [3.63, 3.8) is 0 Å². The average molecular weight is 445 g/mol. The Morgan fingerprint density at radius 3 is 2.78 bits per heavy atom. The lowest BCUT2D eigenvalue weighted by Gasteiger charge is -2.46. The first-order valence-corrected chi connectivity index (χ1v) is 10.7. The van der Waals surface area contributed by atoms with Crippen LogP contribution in [0.2, 0.25) is 0 Å². The number of morpholine rings is 1. The number of benzene rings is 1. The zero-order chi connectivity index (χ0) is 22.5. The summed E-state index contributed by atoms with van der Waals surface area (Å²) in [5.74, 6) is -2.94. The van der Waals surface area contributed by atoms with E-state index in [9.17, 15) is 13.6 Å². The number of amides is 1. The molecule has 0 spiro atoms. The first-order chi connectivity index (χ1) is 15.4. The zero-order valence-corrected chi connectivity index (χ0v) is 18.0. The summed E-state index contributed by atoms with van der Waals surface area (Å²) in [5, 5.41) is 6.17. The van der Waals surface area contributed by atoms with Crippen LogP contribution in [0.15, 0.2) is 18.3 Å². The molecule has 10 heteroatoms. The van der Waals surface area contributed by atoms with E-state index in [4.69, 9.17) is 9.47 Å². The van der Waals surface area contributed by atoms with Crippen LogP contribution < -0.4 is 15.4 Å². The highest BCUT2D eigenvalue weighted by atomic mass is 19.3.